The number of aromatic nitrogens is 2. The molecule has 0 saturated heterocycles. The van der Waals surface area contributed by atoms with Crippen LogP contribution >= 0.6 is 0 Å². The van der Waals surface area contributed by atoms with Crippen LogP contribution < -0.4 is 5.32 Å². The third-order valence-corrected chi connectivity index (χ3v) is 3.56. The van der Waals surface area contributed by atoms with Crippen molar-refractivity contribution in [2.24, 2.45) is 0 Å². The Morgan fingerprint density at radius 2 is 1.96 bits per heavy atom. The van der Waals surface area contributed by atoms with Gasteiger partial charge in [0.25, 0.3) is 0 Å². The summed E-state index contributed by atoms with van der Waals surface area (Å²) in [7, 11) is 0. The molecule has 1 atom stereocenters. The second-order valence-electron chi connectivity index (χ2n) is 5.48. The molecule has 23 heavy (non-hydrogen) atoms. The average molecular weight is 315 g/mol. The molecule has 1 unspecified atom stereocenters. The minimum Gasteiger partial charge on any atom is -0.476 e. The third kappa shape index (κ3) is 4.67. The van der Waals surface area contributed by atoms with Gasteiger partial charge in [0.05, 0.1) is 6.04 Å². The first kappa shape index (κ1) is 16.7. The van der Waals surface area contributed by atoms with Gasteiger partial charge in [-0.1, -0.05) is 37.6 Å². The number of amides is 1. The molecule has 1 amide bonds. The lowest BCUT2D eigenvalue weighted by atomic mass is 10.0. The van der Waals surface area contributed by atoms with Crippen LogP contribution in [0.1, 0.15) is 47.9 Å². The Bertz CT molecular complexity index is 677. The lowest BCUT2D eigenvalue weighted by Gasteiger charge is -2.15. The number of rotatable bonds is 7. The number of aromatic carboxylic acids is 1. The minimum absolute atomic E-state index is 0.00839. The molecule has 0 aliphatic rings. The average Bonchev–Trinajstić information content (AvgIpc) is 2.96. The van der Waals surface area contributed by atoms with Crippen LogP contribution in [0.3, 0.4) is 0 Å². The third-order valence-electron chi connectivity index (χ3n) is 3.56. The molecule has 0 bridgehead atoms. The van der Waals surface area contributed by atoms with Gasteiger partial charge in [-0.05, 0) is 30.5 Å². The second-order valence-corrected chi connectivity index (χ2v) is 5.48. The van der Waals surface area contributed by atoms with Gasteiger partial charge in [-0.2, -0.15) is 5.10 Å². The van der Waals surface area contributed by atoms with Crippen molar-refractivity contribution in [2.45, 2.75) is 39.3 Å². The van der Waals surface area contributed by atoms with E-state index in [-0.39, 0.29) is 24.2 Å². The molecule has 1 aromatic heterocycles. The number of nitrogens with one attached hydrogen (secondary N) is 1. The molecule has 0 spiro atoms. The Morgan fingerprint density at radius 1 is 1.26 bits per heavy atom. The van der Waals surface area contributed by atoms with E-state index < -0.39 is 5.97 Å². The molecule has 6 nitrogen and oxygen atoms in total. The van der Waals surface area contributed by atoms with Crippen LogP contribution in [0.15, 0.2) is 36.5 Å². The molecule has 6 heteroatoms. The molecule has 2 aromatic rings. The van der Waals surface area contributed by atoms with Gasteiger partial charge >= 0.3 is 5.97 Å². The highest BCUT2D eigenvalue weighted by Gasteiger charge is 2.12. The number of aryl methyl sites for hydroxylation is 1. The Labute approximate surface area is 135 Å². The largest absolute Gasteiger partial charge is 0.476 e. The van der Waals surface area contributed by atoms with E-state index in [2.05, 4.69) is 29.5 Å². The van der Waals surface area contributed by atoms with Gasteiger partial charge in [-0.15, -0.1) is 0 Å². The van der Waals surface area contributed by atoms with Gasteiger partial charge in [-0.25, -0.2) is 4.79 Å². The minimum atomic E-state index is -1.11. The molecule has 122 valence electrons. The molecule has 0 saturated carbocycles. The number of hydrogen-bond acceptors (Lipinski definition) is 3. The fraction of sp³-hybridized carbons (Fsp3) is 0.353. The number of carboxylic acid groups (broad SMARTS) is 1. The van der Waals surface area contributed by atoms with E-state index in [0.717, 1.165) is 18.4 Å². The summed E-state index contributed by atoms with van der Waals surface area (Å²) in [5, 5.41) is 15.5. The van der Waals surface area contributed by atoms with Crippen molar-refractivity contribution in [3.8, 4) is 0 Å². The van der Waals surface area contributed by atoms with E-state index >= 15 is 0 Å². The van der Waals surface area contributed by atoms with E-state index in [9.17, 15) is 9.59 Å². The normalized spacial score (nSPS) is 11.9. The molecule has 2 N–H and O–H groups in total. The standard InChI is InChI=1S/C17H21N3O3/c1-3-4-13-5-7-14(8-6-13)12(2)18-16(21)11-20-10-9-15(19-20)17(22)23/h5-10,12H,3-4,11H2,1-2H3,(H,18,21)(H,22,23). The number of carboxylic acids is 1. The van der Waals surface area contributed by atoms with Crippen molar-refractivity contribution in [2.75, 3.05) is 0 Å². The van der Waals surface area contributed by atoms with E-state index in [0.29, 0.717) is 0 Å². The Kier molecular flexibility index (Phi) is 5.51. The van der Waals surface area contributed by atoms with Crippen molar-refractivity contribution in [3.63, 3.8) is 0 Å². The molecule has 0 aliphatic heterocycles. The fourth-order valence-corrected chi connectivity index (χ4v) is 2.34. The van der Waals surface area contributed by atoms with Gasteiger partial charge < -0.3 is 10.4 Å². The maximum atomic E-state index is 12.0. The maximum Gasteiger partial charge on any atom is 0.356 e. The number of carbonyl (C=O) groups excluding carboxylic acids is 1. The molecule has 2 rings (SSSR count). The van der Waals surface area contributed by atoms with Crippen molar-refractivity contribution in [3.05, 3.63) is 53.3 Å². The van der Waals surface area contributed by atoms with Crippen LogP contribution in [-0.4, -0.2) is 26.8 Å². The first-order chi connectivity index (χ1) is 11.0. The lowest BCUT2D eigenvalue weighted by Crippen LogP contribution is -2.30. The summed E-state index contributed by atoms with van der Waals surface area (Å²) in [6, 6.07) is 9.44. The van der Waals surface area contributed by atoms with Gasteiger partial charge in [-0.3, -0.25) is 9.48 Å². The molecule has 0 aliphatic carbocycles. The second kappa shape index (κ2) is 7.58. The number of benzene rings is 1. The van der Waals surface area contributed by atoms with Gasteiger partial charge in [0.2, 0.25) is 5.91 Å². The van der Waals surface area contributed by atoms with Gasteiger partial charge in [0, 0.05) is 6.20 Å². The molecule has 0 fully saturated rings. The van der Waals surface area contributed by atoms with Crippen LogP contribution in [0.4, 0.5) is 0 Å². The van der Waals surface area contributed by atoms with Crippen molar-refractivity contribution < 1.29 is 14.7 Å². The highest BCUT2D eigenvalue weighted by Crippen LogP contribution is 2.14. The Hall–Kier alpha value is -2.63. The number of nitrogens with zero attached hydrogens (tertiary/aromatic N) is 2. The van der Waals surface area contributed by atoms with Crippen LogP contribution in [0.5, 0.6) is 0 Å². The summed E-state index contributed by atoms with van der Waals surface area (Å²) in [5.41, 5.74) is 2.25. The highest BCUT2D eigenvalue weighted by atomic mass is 16.4. The summed E-state index contributed by atoms with van der Waals surface area (Å²) in [4.78, 5) is 22.8. The first-order valence-electron chi connectivity index (χ1n) is 7.64. The summed E-state index contributed by atoms with van der Waals surface area (Å²) in [6.45, 7) is 4.05. The van der Waals surface area contributed by atoms with Gasteiger partial charge in [0.1, 0.15) is 6.54 Å². The maximum absolute atomic E-state index is 12.0. The SMILES string of the molecule is CCCc1ccc(C(C)NC(=O)Cn2ccc(C(=O)O)n2)cc1. The Morgan fingerprint density at radius 3 is 2.52 bits per heavy atom. The number of hydrogen-bond donors (Lipinski definition) is 2. The summed E-state index contributed by atoms with van der Waals surface area (Å²) < 4.78 is 1.32. The predicted molar refractivity (Wildman–Crippen MR) is 86.2 cm³/mol. The molecular formula is C17H21N3O3. The van der Waals surface area contributed by atoms with E-state index in [4.69, 9.17) is 5.11 Å². The van der Waals surface area contributed by atoms with Gasteiger partial charge in [0.15, 0.2) is 5.69 Å². The zero-order valence-electron chi connectivity index (χ0n) is 13.3. The molecule has 0 radical (unpaired) electrons. The summed E-state index contributed by atoms with van der Waals surface area (Å²) >= 11 is 0. The molecule has 1 heterocycles. The van der Waals surface area contributed by atoms with Crippen molar-refractivity contribution >= 4 is 11.9 Å². The van der Waals surface area contributed by atoms with Crippen molar-refractivity contribution in [1.29, 1.82) is 0 Å². The zero-order chi connectivity index (χ0) is 16.8. The zero-order valence-corrected chi connectivity index (χ0v) is 13.3. The van der Waals surface area contributed by atoms with Crippen molar-refractivity contribution in [1.82, 2.24) is 15.1 Å². The van der Waals surface area contributed by atoms with Crippen LogP contribution in [-0.2, 0) is 17.8 Å². The quantitative estimate of drug-likeness (QED) is 0.822. The molecule has 1 aromatic carbocycles. The lowest BCUT2D eigenvalue weighted by molar-refractivity contribution is -0.122. The van der Waals surface area contributed by atoms with Crippen LogP contribution in [0.2, 0.25) is 0 Å². The van der Waals surface area contributed by atoms with E-state index in [1.54, 1.807) is 0 Å². The topological polar surface area (TPSA) is 84.2 Å². The monoisotopic (exact) mass is 315 g/mol. The van der Waals surface area contributed by atoms with E-state index in [1.807, 2.05) is 19.1 Å². The number of carbonyl (C=O) groups is 2. The summed E-state index contributed by atoms with van der Waals surface area (Å²) in [6.07, 6.45) is 3.63. The van der Waals surface area contributed by atoms with Crippen LogP contribution in [0.25, 0.3) is 0 Å². The first-order valence-corrected chi connectivity index (χ1v) is 7.64. The van der Waals surface area contributed by atoms with E-state index in [1.165, 1.54) is 22.5 Å². The summed E-state index contributed by atoms with van der Waals surface area (Å²) in [5.74, 6) is -1.32. The Balaban J connectivity index is 1.91. The van der Waals surface area contributed by atoms with Crippen LogP contribution in [0, 0.1) is 0 Å². The molecular weight excluding hydrogens is 294 g/mol. The fourth-order valence-electron chi connectivity index (χ4n) is 2.34. The smallest absolute Gasteiger partial charge is 0.356 e. The highest BCUT2D eigenvalue weighted by molar-refractivity contribution is 5.85. The predicted octanol–water partition coefficient (Wildman–Crippen LogP) is 2.41.